The van der Waals surface area contributed by atoms with Gasteiger partial charge in [-0.15, -0.1) is 0 Å². The van der Waals surface area contributed by atoms with Crippen molar-refractivity contribution >= 4 is 0 Å². The molecule has 0 spiro atoms. The Morgan fingerprint density at radius 1 is 1.50 bits per heavy atom. The van der Waals surface area contributed by atoms with E-state index in [2.05, 4.69) is 5.32 Å². The summed E-state index contributed by atoms with van der Waals surface area (Å²) in [4.78, 5) is 0. The third-order valence-corrected chi connectivity index (χ3v) is 2.78. The first-order valence-electron chi connectivity index (χ1n) is 4.91. The largest absolute Gasteiger partial charge is 0.392 e. The Hall–Kier alpha value is -0.930. The lowest BCUT2D eigenvalue weighted by molar-refractivity contribution is 0.279. The molecule has 2 N–H and O–H groups in total. The lowest BCUT2D eigenvalue weighted by atomic mass is 9.94. The molecule has 0 aromatic heterocycles. The predicted molar refractivity (Wildman–Crippen MR) is 52.6 cm³/mol. The van der Waals surface area contributed by atoms with E-state index in [9.17, 15) is 4.39 Å². The molecule has 2 rings (SSSR count). The van der Waals surface area contributed by atoms with Crippen molar-refractivity contribution < 1.29 is 9.50 Å². The summed E-state index contributed by atoms with van der Waals surface area (Å²) in [5.74, 6) is 0.154. The molecule has 2 nitrogen and oxygen atoms in total. The highest BCUT2D eigenvalue weighted by Crippen LogP contribution is 2.26. The van der Waals surface area contributed by atoms with Crippen LogP contribution in [-0.4, -0.2) is 18.2 Å². The van der Waals surface area contributed by atoms with E-state index in [-0.39, 0.29) is 12.4 Å². The summed E-state index contributed by atoms with van der Waals surface area (Å²) >= 11 is 0. The van der Waals surface area contributed by atoms with Crippen molar-refractivity contribution in [2.45, 2.75) is 18.9 Å². The highest BCUT2D eigenvalue weighted by Gasteiger charge is 2.19. The summed E-state index contributed by atoms with van der Waals surface area (Å²) in [5.41, 5.74) is 1.80. The molecule has 1 aliphatic rings. The molecule has 0 saturated carbocycles. The Kier molecular flexibility index (Phi) is 2.79. The van der Waals surface area contributed by atoms with Crippen LogP contribution in [0.5, 0.6) is 0 Å². The quantitative estimate of drug-likeness (QED) is 0.747. The number of halogens is 1. The van der Waals surface area contributed by atoms with Crippen LogP contribution in [0, 0.1) is 5.82 Å². The van der Waals surface area contributed by atoms with Gasteiger partial charge in [0.15, 0.2) is 0 Å². The minimum Gasteiger partial charge on any atom is -0.392 e. The van der Waals surface area contributed by atoms with Gasteiger partial charge in [-0.2, -0.15) is 0 Å². The molecule has 1 aromatic rings. The van der Waals surface area contributed by atoms with E-state index in [0.717, 1.165) is 30.6 Å². The van der Waals surface area contributed by atoms with Gasteiger partial charge in [0.25, 0.3) is 0 Å². The van der Waals surface area contributed by atoms with Gasteiger partial charge < -0.3 is 10.4 Å². The number of rotatable bonds is 2. The molecule has 1 unspecified atom stereocenters. The van der Waals surface area contributed by atoms with Crippen molar-refractivity contribution in [1.82, 2.24) is 5.32 Å². The van der Waals surface area contributed by atoms with Gasteiger partial charge in [0.1, 0.15) is 5.82 Å². The summed E-state index contributed by atoms with van der Waals surface area (Å²) in [5, 5.41) is 12.4. The minimum absolute atomic E-state index is 0.0798. The van der Waals surface area contributed by atoms with E-state index in [1.54, 1.807) is 6.07 Å². The normalized spacial score (nSPS) is 21.4. The molecule has 0 radical (unpaired) electrons. The molecule has 3 heteroatoms. The number of aliphatic hydroxyl groups excluding tert-OH is 1. The van der Waals surface area contributed by atoms with E-state index >= 15 is 0 Å². The molecule has 1 aromatic carbocycles. The molecule has 1 fully saturated rings. The van der Waals surface area contributed by atoms with Crippen LogP contribution in [0.4, 0.5) is 4.39 Å². The number of aliphatic hydroxyl groups is 1. The summed E-state index contributed by atoms with van der Waals surface area (Å²) in [7, 11) is 0. The van der Waals surface area contributed by atoms with Gasteiger partial charge in [0.2, 0.25) is 0 Å². The number of hydrogen-bond donors (Lipinski definition) is 2. The van der Waals surface area contributed by atoms with E-state index in [1.165, 1.54) is 12.1 Å². The lowest BCUT2D eigenvalue weighted by Gasteiger charge is -2.13. The fourth-order valence-electron chi connectivity index (χ4n) is 2.03. The maximum Gasteiger partial charge on any atom is 0.123 e. The Labute approximate surface area is 82.8 Å². The average molecular weight is 195 g/mol. The maximum absolute atomic E-state index is 12.9. The first-order valence-corrected chi connectivity index (χ1v) is 4.91. The Morgan fingerprint density at radius 3 is 3.00 bits per heavy atom. The first kappa shape index (κ1) is 9.62. The van der Waals surface area contributed by atoms with E-state index in [0.29, 0.717) is 5.92 Å². The molecule has 0 amide bonds. The summed E-state index contributed by atoms with van der Waals surface area (Å²) < 4.78 is 12.9. The van der Waals surface area contributed by atoms with Gasteiger partial charge in [-0.3, -0.25) is 0 Å². The van der Waals surface area contributed by atoms with E-state index in [1.807, 2.05) is 0 Å². The third kappa shape index (κ3) is 1.79. The monoisotopic (exact) mass is 195 g/mol. The molecule has 76 valence electrons. The predicted octanol–water partition coefficient (Wildman–Crippen LogP) is 1.39. The highest BCUT2D eigenvalue weighted by molar-refractivity contribution is 5.31. The zero-order chi connectivity index (χ0) is 9.97. The molecule has 0 bridgehead atoms. The van der Waals surface area contributed by atoms with Crippen molar-refractivity contribution in [2.24, 2.45) is 0 Å². The van der Waals surface area contributed by atoms with Crippen molar-refractivity contribution in [3.63, 3.8) is 0 Å². The number of nitrogens with one attached hydrogen (secondary N) is 1. The van der Waals surface area contributed by atoms with E-state index < -0.39 is 0 Å². The Morgan fingerprint density at radius 2 is 2.36 bits per heavy atom. The second-order valence-corrected chi connectivity index (χ2v) is 3.69. The fourth-order valence-corrected chi connectivity index (χ4v) is 2.03. The van der Waals surface area contributed by atoms with Gasteiger partial charge in [0, 0.05) is 6.54 Å². The summed E-state index contributed by atoms with van der Waals surface area (Å²) in [6.07, 6.45) is 1.07. The lowest BCUT2D eigenvalue weighted by Crippen LogP contribution is -2.09. The van der Waals surface area contributed by atoms with Crippen molar-refractivity contribution in [3.8, 4) is 0 Å². The van der Waals surface area contributed by atoms with Crippen LogP contribution >= 0.6 is 0 Å². The van der Waals surface area contributed by atoms with Gasteiger partial charge in [-0.05, 0) is 42.1 Å². The maximum atomic E-state index is 12.9. The zero-order valence-corrected chi connectivity index (χ0v) is 7.96. The number of hydrogen-bond acceptors (Lipinski definition) is 2. The molecular formula is C11H14FNO. The van der Waals surface area contributed by atoms with Gasteiger partial charge in [-0.25, -0.2) is 4.39 Å². The standard InChI is InChI=1S/C11H14FNO/c12-10-1-2-11(9(5-10)7-14)8-3-4-13-6-8/h1-2,5,8,13-14H,3-4,6-7H2. The van der Waals surface area contributed by atoms with Crippen LogP contribution in [0.15, 0.2) is 18.2 Å². The fraction of sp³-hybridized carbons (Fsp3) is 0.455. The van der Waals surface area contributed by atoms with Crippen LogP contribution in [0.2, 0.25) is 0 Å². The van der Waals surface area contributed by atoms with Gasteiger partial charge in [-0.1, -0.05) is 6.07 Å². The topological polar surface area (TPSA) is 32.3 Å². The van der Waals surface area contributed by atoms with Gasteiger partial charge in [0.05, 0.1) is 6.61 Å². The Balaban J connectivity index is 2.31. The molecular weight excluding hydrogens is 181 g/mol. The first-order chi connectivity index (χ1) is 6.81. The molecule has 14 heavy (non-hydrogen) atoms. The van der Waals surface area contributed by atoms with Gasteiger partial charge >= 0.3 is 0 Å². The molecule has 0 aliphatic carbocycles. The SMILES string of the molecule is OCc1cc(F)ccc1C1CCNC1. The zero-order valence-electron chi connectivity index (χ0n) is 7.96. The van der Waals surface area contributed by atoms with Crippen LogP contribution in [0.3, 0.4) is 0 Å². The molecule has 1 heterocycles. The smallest absolute Gasteiger partial charge is 0.123 e. The summed E-state index contributed by atoms with van der Waals surface area (Å²) in [6, 6.07) is 4.68. The van der Waals surface area contributed by atoms with Crippen molar-refractivity contribution in [2.75, 3.05) is 13.1 Å². The third-order valence-electron chi connectivity index (χ3n) is 2.78. The minimum atomic E-state index is -0.274. The second kappa shape index (κ2) is 4.07. The van der Waals surface area contributed by atoms with Crippen LogP contribution in [-0.2, 0) is 6.61 Å². The molecule has 1 saturated heterocycles. The molecule has 1 atom stereocenters. The Bertz CT molecular complexity index is 321. The number of benzene rings is 1. The van der Waals surface area contributed by atoms with Crippen molar-refractivity contribution in [1.29, 1.82) is 0 Å². The van der Waals surface area contributed by atoms with Crippen LogP contribution < -0.4 is 5.32 Å². The highest BCUT2D eigenvalue weighted by atomic mass is 19.1. The average Bonchev–Trinajstić information content (AvgIpc) is 2.70. The second-order valence-electron chi connectivity index (χ2n) is 3.69. The van der Waals surface area contributed by atoms with Crippen molar-refractivity contribution in [3.05, 3.63) is 35.1 Å². The summed E-state index contributed by atoms with van der Waals surface area (Å²) in [6.45, 7) is 1.86. The van der Waals surface area contributed by atoms with E-state index in [4.69, 9.17) is 5.11 Å². The molecule has 1 aliphatic heterocycles. The van der Waals surface area contributed by atoms with Crippen LogP contribution in [0.1, 0.15) is 23.5 Å². The van der Waals surface area contributed by atoms with Crippen LogP contribution in [0.25, 0.3) is 0 Å².